The van der Waals surface area contributed by atoms with Gasteiger partial charge in [0.25, 0.3) is 0 Å². The summed E-state index contributed by atoms with van der Waals surface area (Å²) in [5.41, 5.74) is 1.78. The summed E-state index contributed by atoms with van der Waals surface area (Å²) in [5, 5.41) is 4.35. The Morgan fingerprint density at radius 3 is 2.67 bits per heavy atom. The predicted molar refractivity (Wildman–Crippen MR) is 82.0 cm³/mol. The highest BCUT2D eigenvalue weighted by molar-refractivity contribution is 9.10. The zero-order valence-electron chi connectivity index (χ0n) is 10.8. The standard InChI is InChI=1S/C16H10BrFN2O/c17-12-4-3-5-13(8-12)20-9-11(10-21)16(19-20)14-6-1-2-7-15(14)18/h1-10H. The van der Waals surface area contributed by atoms with Crippen LogP contribution in [0, 0.1) is 5.82 Å². The predicted octanol–water partition coefficient (Wildman–Crippen LogP) is 4.25. The van der Waals surface area contributed by atoms with Gasteiger partial charge in [-0.2, -0.15) is 5.10 Å². The number of hydrogen-bond donors (Lipinski definition) is 0. The van der Waals surface area contributed by atoms with Crippen molar-refractivity contribution < 1.29 is 9.18 Å². The van der Waals surface area contributed by atoms with E-state index in [0.29, 0.717) is 23.1 Å². The molecule has 1 heterocycles. The minimum absolute atomic E-state index is 0.313. The summed E-state index contributed by atoms with van der Waals surface area (Å²) >= 11 is 3.39. The Labute approximate surface area is 129 Å². The van der Waals surface area contributed by atoms with Crippen molar-refractivity contribution in [2.24, 2.45) is 0 Å². The molecule has 5 heteroatoms. The third-order valence-corrected chi connectivity index (χ3v) is 3.56. The molecule has 0 saturated carbocycles. The van der Waals surface area contributed by atoms with Crippen molar-refractivity contribution in [3.63, 3.8) is 0 Å². The van der Waals surface area contributed by atoms with Gasteiger partial charge in [0.05, 0.1) is 11.3 Å². The van der Waals surface area contributed by atoms with Crippen molar-refractivity contribution in [3.05, 3.63) is 70.6 Å². The maximum atomic E-state index is 13.9. The van der Waals surface area contributed by atoms with Gasteiger partial charge in [0.2, 0.25) is 0 Å². The number of carbonyl (C=O) groups excluding carboxylic acids is 1. The Hall–Kier alpha value is -2.27. The van der Waals surface area contributed by atoms with Crippen LogP contribution < -0.4 is 0 Å². The van der Waals surface area contributed by atoms with Crippen molar-refractivity contribution in [1.82, 2.24) is 9.78 Å². The lowest BCUT2D eigenvalue weighted by molar-refractivity contribution is 0.112. The minimum Gasteiger partial charge on any atom is -0.298 e. The number of nitrogens with zero attached hydrogens (tertiary/aromatic N) is 2. The average Bonchev–Trinajstić information content (AvgIpc) is 2.92. The van der Waals surface area contributed by atoms with E-state index in [1.165, 1.54) is 6.07 Å². The second-order valence-electron chi connectivity index (χ2n) is 4.46. The van der Waals surface area contributed by atoms with Crippen LogP contribution in [0.3, 0.4) is 0 Å². The Balaban J connectivity index is 2.15. The van der Waals surface area contributed by atoms with Crippen LogP contribution >= 0.6 is 15.9 Å². The molecule has 0 aliphatic carbocycles. The van der Waals surface area contributed by atoms with Gasteiger partial charge < -0.3 is 0 Å². The van der Waals surface area contributed by atoms with Gasteiger partial charge in [-0.1, -0.05) is 34.1 Å². The molecule has 3 rings (SSSR count). The Bertz CT molecular complexity index is 814. The van der Waals surface area contributed by atoms with Crippen LogP contribution in [-0.2, 0) is 0 Å². The van der Waals surface area contributed by atoms with Crippen molar-refractivity contribution >= 4 is 22.2 Å². The van der Waals surface area contributed by atoms with Crippen molar-refractivity contribution in [1.29, 1.82) is 0 Å². The highest BCUT2D eigenvalue weighted by Gasteiger charge is 2.14. The second-order valence-corrected chi connectivity index (χ2v) is 5.37. The van der Waals surface area contributed by atoms with Gasteiger partial charge >= 0.3 is 0 Å². The van der Waals surface area contributed by atoms with Gasteiger partial charge in [0.1, 0.15) is 11.5 Å². The lowest BCUT2D eigenvalue weighted by atomic mass is 10.1. The van der Waals surface area contributed by atoms with E-state index in [-0.39, 0.29) is 0 Å². The first-order valence-electron chi connectivity index (χ1n) is 6.25. The summed E-state index contributed by atoms with van der Waals surface area (Å²) in [5.74, 6) is -0.403. The lowest BCUT2D eigenvalue weighted by Gasteiger charge is -2.02. The largest absolute Gasteiger partial charge is 0.298 e. The first-order chi connectivity index (χ1) is 10.2. The molecule has 3 nitrogen and oxygen atoms in total. The third kappa shape index (κ3) is 2.64. The zero-order chi connectivity index (χ0) is 14.8. The van der Waals surface area contributed by atoms with Gasteiger partial charge in [0.15, 0.2) is 6.29 Å². The smallest absolute Gasteiger partial charge is 0.153 e. The lowest BCUT2D eigenvalue weighted by Crippen LogP contribution is -1.95. The molecule has 0 bridgehead atoms. The quantitative estimate of drug-likeness (QED) is 0.665. The number of halogens is 2. The molecule has 0 atom stereocenters. The minimum atomic E-state index is -0.403. The van der Waals surface area contributed by atoms with Crippen LogP contribution in [-0.4, -0.2) is 16.1 Å². The molecule has 2 aromatic carbocycles. The van der Waals surface area contributed by atoms with Gasteiger partial charge in [-0.3, -0.25) is 4.79 Å². The molecule has 1 aromatic heterocycles. The first kappa shape index (κ1) is 13.7. The number of hydrogen-bond acceptors (Lipinski definition) is 2. The van der Waals surface area contributed by atoms with Crippen molar-refractivity contribution in [2.45, 2.75) is 0 Å². The van der Waals surface area contributed by atoms with Crippen LogP contribution in [0.25, 0.3) is 16.9 Å². The summed E-state index contributed by atoms with van der Waals surface area (Å²) in [6, 6.07) is 13.8. The Kier molecular flexibility index (Phi) is 3.66. The van der Waals surface area contributed by atoms with Crippen molar-refractivity contribution in [2.75, 3.05) is 0 Å². The highest BCUT2D eigenvalue weighted by Crippen LogP contribution is 2.25. The van der Waals surface area contributed by atoms with E-state index in [2.05, 4.69) is 21.0 Å². The number of aldehydes is 1. The summed E-state index contributed by atoms with van der Waals surface area (Å²) < 4.78 is 16.4. The second kappa shape index (κ2) is 5.61. The van der Waals surface area contributed by atoms with E-state index in [4.69, 9.17) is 0 Å². The first-order valence-corrected chi connectivity index (χ1v) is 7.04. The normalized spacial score (nSPS) is 10.6. The van der Waals surface area contributed by atoms with E-state index in [9.17, 15) is 9.18 Å². The molecular weight excluding hydrogens is 335 g/mol. The number of rotatable bonds is 3. The highest BCUT2D eigenvalue weighted by atomic mass is 79.9. The summed E-state index contributed by atoms with van der Waals surface area (Å²) in [4.78, 5) is 11.2. The molecule has 0 radical (unpaired) electrons. The molecule has 104 valence electrons. The maximum Gasteiger partial charge on any atom is 0.153 e. The number of carbonyl (C=O) groups is 1. The number of benzene rings is 2. The van der Waals surface area contributed by atoms with E-state index < -0.39 is 5.82 Å². The Morgan fingerprint density at radius 2 is 1.95 bits per heavy atom. The number of aromatic nitrogens is 2. The van der Waals surface area contributed by atoms with E-state index in [1.54, 1.807) is 29.1 Å². The van der Waals surface area contributed by atoms with Gasteiger partial charge in [-0.05, 0) is 30.3 Å². The molecule has 0 amide bonds. The van der Waals surface area contributed by atoms with Gasteiger partial charge in [-0.15, -0.1) is 0 Å². The topological polar surface area (TPSA) is 34.9 Å². The van der Waals surface area contributed by atoms with Crippen molar-refractivity contribution in [3.8, 4) is 16.9 Å². The molecule has 0 aliphatic rings. The summed E-state index contributed by atoms with van der Waals surface area (Å²) in [7, 11) is 0. The summed E-state index contributed by atoms with van der Waals surface area (Å²) in [6.45, 7) is 0. The maximum absolute atomic E-state index is 13.9. The molecular formula is C16H10BrFN2O. The monoisotopic (exact) mass is 344 g/mol. The summed E-state index contributed by atoms with van der Waals surface area (Å²) in [6.07, 6.45) is 2.28. The molecule has 0 fully saturated rings. The zero-order valence-corrected chi connectivity index (χ0v) is 12.4. The van der Waals surface area contributed by atoms with E-state index in [1.807, 2.05) is 24.3 Å². The molecule has 0 unspecified atom stereocenters. The third-order valence-electron chi connectivity index (χ3n) is 3.07. The van der Waals surface area contributed by atoms with Crippen LogP contribution in [0.1, 0.15) is 10.4 Å². The van der Waals surface area contributed by atoms with E-state index >= 15 is 0 Å². The van der Waals surface area contributed by atoms with Crippen LogP contribution in [0.2, 0.25) is 0 Å². The fourth-order valence-corrected chi connectivity index (χ4v) is 2.47. The molecule has 0 spiro atoms. The van der Waals surface area contributed by atoms with Gasteiger partial charge in [0, 0.05) is 16.2 Å². The molecule has 21 heavy (non-hydrogen) atoms. The molecule has 0 saturated heterocycles. The van der Waals surface area contributed by atoms with Crippen LogP contribution in [0.4, 0.5) is 4.39 Å². The molecule has 3 aromatic rings. The fourth-order valence-electron chi connectivity index (χ4n) is 2.09. The molecule has 0 aliphatic heterocycles. The van der Waals surface area contributed by atoms with E-state index in [0.717, 1.165) is 10.2 Å². The van der Waals surface area contributed by atoms with Crippen LogP contribution in [0.5, 0.6) is 0 Å². The average molecular weight is 345 g/mol. The fraction of sp³-hybridized carbons (Fsp3) is 0. The SMILES string of the molecule is O=Cc1cn(-c2cccc(Br)c2)nc1-c1ccccc1F. The molecule has 0 N–H and O–H groups in total. The van der Waals surface area contributed by atoms with Crippen LogP contribution in [0.15, 0.2) is 59.2 Å². The van der Waals surface area contributed by atoms with Gasteiger partial charge in [-0.25, -0.2) is 9.07 Å². The Morgan fingerprint density at radius 1 is 1.14 bits per heavy atom.